The van der Waals surface area contributed by atoms with E-state index in [9.17, 15) is 19.7 Å². The third kappa shape index (κ3) is 4.81. The van der Waals surface area contributed by atoms with Crippen LogP contribution in [-0.4, -0.2) is 61.6 Å². The molecule has 1 aliphatic rings. The van der Waals surface area contributed by atoms with Gasteiger partial charge < -0.3 is 19.3 Å². The molecule has 0 saturated carbocycles. The topological polar surface area (TPSA) is 102 Å². The molecule has 0 bridgehead atoms. The fourth-order valence-electron chi connectivity index (χ4n) is 3.14. The summed E-state index contributed by atoms with van der Waals surface area (Å²) in [6.07, 6.45) is 0. The number of nitro groups is 1. The Hall–Kier alpha value is -3.62. The SMILES string of the molecule is COc1ccccc1N1CCN(C(=O)COC(=O)c2cccc([N+](=O)[O-])c2)CC1. The highest BCUT2D eigenvalue weighted by Crippen LogP contribution is 2.28. The molecule has 2 aromatic carbocycles. The van der Waals surface area contributed by atoms with Crippen LogP contribution in [0.3, 0.4) is 0 Å². The number of esters is 1. The highest BCUT2D eigenvalue weighted by Gasteiger charge is 2.24. The summed E-state index contributed by atoms with van der Waals surface area (Å²) < 4.78 is 10.4. The zero-order valence-corrected chi connectivity index (χ0v) is 15.9. The third-order valence-electron chi connectivity index (χ3n) is 4.68. The zero-order chi connectivity index (χ0) is 20.8. The van der Waals surface area contributed by atoms with Gasteiger partial charge in [0.2, 0.25) is 0 Å². The number of amides is 1. The molecule has 0 atom stereocenters. The molecule has 0 aromatic heterocycles. The first-order valence-electron chi connectivity index (χ1n) is 9.07. The van der Waals surface area contributed by atoms with E-state index >= 15 is 0 Å². The molecule has 1 amide bonds. The lowest BCUT2D eigenvalue weighted by Gasteiger charge is -2.36. The molecule has 29 heavy (non-hydrogen) atoms. The van der Waals surface area contributed by atoms with Crippen molar-refractivity contribution in [2.45, 2.75) is 0 Å². The van der Waals surface area contributed by atoms with Crippen LogP contribution >= 0.6 is 0 Å². The van der Waals surface area contributed by atoms with Crippen molar-refractivity contribution in [1.29, 1.82) is 0 Å². The minimum atomic E-state index is -0.769. The largest absolute Gasteiger partial charge is 0.495 e. The summed E-state index contributed by atoms with van der Waals surface area (Å²) in [7, 11) is 1.62. The van der Waals surface area contributed by atoms with E-state index in [4.69, 9.17) is 9.47 Å². The van der Waals surface area contributed by atoms with Crippen LogP contribution in [-0.2, 0) is 9.53 Å². The number of non-ortho nitro benzene ring substituents is 1. The molecular weight excluding hydrogens is 378 g/mol. The Kier molecular flexibility index (Phi) is 6.28. The summed E-state index contributed by atoms with van der Waals surface area (Å²) in [5, 5.41) is 10.8. The van der Waals surface area contributed by atoms with Crippen LogP contribution in [0.2, 0.25) is 0 Å². The van der Waals surface area contributed by atoms with Crippen LogP contribution in [0.4, 0.5) is 11.4 Å². The molecule has 0 spiro atoms. The maximum absolute atomic E-state index is 12.4. The molecule has 0 aliphatic carbocycles. The van der Waals surface area contributed by atoms with Crippen LogP contribution in [0.5, 0.6) is 5.75 Å². The van der Waals surface area contributed by atoms with E-state index in [2.05, 4.69) is 4.90 Å². The van der Waals surface area contributed by atoms with E-state index in [-0.39, 0.29) is 17.2 Å². The normalized spacial score (nSPS) is 13.7. The number of hydrogen-bond acceptors (Lipinski definition) is 7. The van der Waals surface area contributed by atoms with Gasteiger partial charge in [0.1, 0.15) is 5.75 Å². The highest BCUT2D eigenvalue weighted by atomic mass is 16.6. The number of ether oxygens (including phenoxy) is 2. The number of benzene rings is 2. The Morgan fingerprint density at radius 1 is 1.07 bits per heavy atom. The third-order valence-corrected chi connectivity index (χ3v) is 4.68. The fraction of sp³-hybridized carbons (Fsp3) is 0.300. The lowest BCUT2D eigenvalue weighted by Crippen LogP contribution is -2.50. The molecule has 3 rings (SSSR count). The van der Waals surface area contributed by atoms with E-state index in [1.54, 1.807) is 12.0 Å². The molecule has 9 nitrogen and oxygen atoms in total. The van der Waals surface area contributed by atoms with Gasteiger partial charge in [0.05, 0.1) is 23.3 Å². The summed E-state index contributed by atoms with van der Waals surface area (Å²) in [5.41, 5.74) is 0.797. The number of rotatable bonds is 6. The molecule has 0 unspecified atom stereocenters. The maximum atomic E-state index is 12.4. The first-order valence-corrected chi connectivity index (χ1v) is 9.07. The monoisotopic (exact) mass is 399 g/mol. The predicted molar refractivity (Wildman–Crippen MR) is 105 cm³/mol. The van der Waals surface area contributed by atoms with Gasteiger partial charge in [-0.25, -0.2) is 4.79 Å². The standard InChI is InChI=1S/C20H21N3O6/c1-28-18-8-3-2-7-17(18)21-9-11-22(12-10-21)19(24)14-29-20(25)15-5-4-6-16(13-15)23(26)27/h2-8,13H,9-12,14H2,1H3. The Labute approximate surface area is 167 Å². The minimum Gasteiger partial charge on any atom is -0.495 e. The first-order chi connectivity index (χ1) is 14.0. The smallest absolute Gasteiger partial charge is 0.338 e. The molecule has 1 fully saturated rings. The Bertz CT molecular complexity index is 909. The number of para-hydroxylation sites is 2. The van der Waals surface area contributed by atoms with Crippen LogP contribution in [0.1, 0.15) is 10.4 Å². The number of carbonyl (C=O) groups excluding carboxylic acids is 2. The molecule has 1 saturated heterocycles. The lowest BCUT2D eigenvalue weighted by atomic mass is 10.2. The Morgan fingerprint density at radius 2 is 1.79 bits per heavy atom. The molecular formula is C20H21N3O6. The summed E-state index contributed by atoms with van der Waals surface area (Å²) in [6.45, 7) is 1.84. The van der Waals surface area contributed by atoms with Gasteiger partial charge in [-0.1, -0.05) is 18.2 Å². The van der Waals surface area contributed by atoms with E-state index < -0.39 is 17.5 Å². The fourth-order valence-corrected chi connectivity index (χ4v) is 3.14. The second kappa shape index (κ2) is 9.05. The molecule has 1 heterocycles. The van der Waals surface area contributed by atoms with Gasteiger partial charge in [0.15, 0.2) is 6.61 Å². The van der Waals surface area contributed by atoms with E-state index in [1.165, 1.54) is 18.2 Å². The average Bonchev–Trinajstić information content (AvgIpc) is 2.77. The lowest BCUT2D eigenvalue weighted by molar-refractivity contribution is -0.384. The zero-order valence-electron chi connectivity index (χ0n) is 15.9. The Balaban J connectivity index is 1.52. The van der Waals surface area contributed by atoms with Crippen LogP contribution in [0, 0.1) is 10.1 Å². The van der Waals surface area contributed by atoms with E-state index in [0.29, 0.717) is 26.2 Å². The molecule has 152 valence electrons. The van der Waals surface area contributed by atoms with E-state index in [0.717, 1.165) is 17.5 Å². The summed E-state index contributed by atoms with van der Waals surface area (Å²) >= 11 is 0. The first kappa shape index (κ1) is 20.1. The highest BCUT2D eigenvalue weighted by molar-refractivity contribution is 5.92. The van der Waals surface area contributed by atoms with Crippen molar-refractivity contribution in [3.8, 4) is 5.75 Å². The number of piperazine rings is 1. The molecule has 0 radical (unpaired) electrons. The molecule has 1 aliphatic heterocycles. The van der Waals surface area contributed by atoms with Gasteiger partial charge >= 0.3 is 5.97 Å². The van der Waals surface area contributed by atoms with Gasteiger partial charge in [-0.2, -0.15) is 0 Å². The second-order valence-electron chi connectivity index (χ2n) is 6.42. The number of hydrogen-bond donors (Lipinski definition) is 0. The number of carbonyl (C=O) groups is 2. The number of anilines is 1. The van der Waals surface area contributed by atoms with Crippen molar-refractivity contribution < 1.29 is 24.0 Å². The van der Waals surface area contributed by atoms with Gasteiger partial charge in [-0.3, -0.25) is 14.9 Å². The predicted octanol–water partition coefficient (Wildman–Crippen LogP) is 2.11. The number of methoxy groups -OCH3 is 1. The van der Waals surface area contributed by atoms with Crippen molar-refractivity contribution in [1.82, 2.24) is 4.90 Å². The Morgan fingerprint density at radius 3 is 2.48 bits per heavy atom. The maximum Gasteiger partial charge on any atom is 0.338 e. The second-order valence-corrected chi connectivity index (χ2v) is 6.42. The van der Waals surface area contributed by atoms with Gasteiger partial charge in [-0.05, 0) is 18.2 Å². The number of nitro benzene ring substituents is 1. The van der Waals surface area contributed by atoms with E-state index in [1.807, 2.05) is 24.3 Å². The van der Waals surface area contributed by atoms with Crippen LogP contribution in [0.25, 0.3) is 0 Å². The quantitative estimate of drug-likeness (QED) is 0.416. The molecule has 2 aromatic rings. The molecule has 0 N–H and O–H groups in total. The number of nitrogens with zero attached hydrogens (tertiary/aromatic N) is 3. The van der Waals surface area contributed by atoms with Crippen molar-refractivity contribution in [3.05, 3.63) is 64.2 Å². The molecule has 9 heteroatoms. The van der Waals surface area contributed by atoms with Crippen LogP contribution < -0.4 is 9.64 Å². The van der Waals surface area contributed by atoms with Gasteiger partial charge in [0, 0.05) is 38.3 Å². The van der Waals surface area contributed by atoms with Crippen molar-refractivity contribution >= 4 is 23.3 Å². The summed E-state index contributed by atoms with van der Waals surface area (Å²) in [5.74, 6) is -0.295. The van der Waals surface area contributed by atoms with Crippen molar-refractivity contribution in [2.75, 3.05) is 44.8 Å². The van der Waals surface area contributed by atoms with Crippen molar-refractivity contribution in [2.24, 2.45) is 0 Å². The van der Waals surface area contributed by atoms with Crippen molar-refractivity contribution in [3.63, 3.8) is 0 Å². The summed E-state index contributed by atoms with van der Waals surface area (Å²) in [4.78, 5) is 38.4. The summed E-state index contributed by atoms with van der Waals surface area (Å²) in [6, 6.07) is 12.9. The average molecular weight is 399 g/mol. The minimum absolute atomic E-state index is 0.0352. The van der Waals surface area contributed by atoms with Crippen LogP contribution in [0.15, 0.2) is 48.5 Å². The van der Waals surface area contributed by atoms with Gasteiger partial charge in [-0.15, -0.1) is 0 Å². The van der Waals surface area contributed by atoms with Gasteiger partial charge in [0.25, 0.3) is 11.6 Å².